The van der Waals surface area contributed by atoms with Crippen LogP contribution < -0.4 is 0 Å². The molecule has 0 aromatic heterocycles. The van der Waals surface area contributed by atoms with E-state index >= 15 is 0 Å². The van der Waals surface area contributed by atoms with Crippen molar-refractivity contribution in [2.45, 2.75) is 25.4 Å². The van der Waals surface area contributed by atoms with Gasteiger partial charge in [-0.25, -0.2) is 0 Å². The van der Waals surface area contributed by atoms with Crippen molar-refractivity contribution < 1.29 is 0 Å². The lowest BCUT2D eigenvalue weighted by molar-refractivity contribution is 0.665. The zero-order valence-electron chi connectivity index (χ0n) is 10.1. The maximum absolute atomic E-state index is 2.57. The molecule has 0 aliphatic carbocycles. The molecule has 15 heavy (non-hydrogen) atoms. The van der Waals surface area contributed by atoms with Crippen molar-refractivity contribution in [3.8, 4) is 0 Å². The van der Waals surface area contributed by atoms with E-state index in [9.17, 15) is 0 Å². The molecular formula is C12H20NPSi. The van der Waals surface area contributed by atoms with Gasteiger partial charge in [-0.15, -0.1) is 0 Å². The van der Waals surface area contributed by atoms with Gasteiger partial charge < -0.3 is 0 Å². The first-order valence-electron chi connectivity index (χ1n) is 5.53. The van der Waals surface area contributed by atoms with Crippen molar-refractivity contribution in [1.82, 2.24) is 4.67 Å². The molecule has 82 valence electrons. The lowest BCUT2D eigenvalue weighted by Gasteiger charge is -2.14. The summed E-state index contributed by atoms with van der Waals surface area (Å²) in [6, 6.07) is 11.0. The van der Waals surface area contributed by atoms with Gasteiger partial charge in [0.2, 0.25) is 0 Å². The molecule has 1 fully saturated rings. The SMILES string of the molecule is CN1C(c2ccccc2)P1C[Si](C)(C)C. The van der Waals surface area contributed by atoms with E-state index in [1.807, 2.05) is 0 Å². The highest BCUT2D eigenvalue weighted by atomic mass is 31.1. The van der Waals surface area contributed by atoms with Crippen LogP contribution in [0.15, 0.2) is 30.3 Å². The van der Waals surface area contributed by atoms with E-state index in [1.54, 1.807) is 0 Å². The fourth-order valence-electron chi connectivity index (χ4n) is 2.00. The molecule has 1 aliphatic rings. The first-order valence-corrected chi connectivity index (χ1v) is 10.8. The van der Waals surface area contributed by atoms with E-state index in [0.717, 1.165) is 5.78 Å². The predicted octanol–water partition coefficient (Wildman–Crippen LogP) is 3.90. The summed E-state index contributed by atoms with van der Waals surface area (Å²) >= 11 is 0. The zero-order chi connectivity index (χ0) is 11.1. The predicted molar refractivity (Wildman–Crippen MR) is 72.1 cm³/mol. The molecule has 3 unspecified atom stereocenters. The van der Waals surface area contributed by atoms with Gasteiger partial charge in [-0.2, -0.15) is 0 Å². The van der Waals surface area contributed by atoms with E-state index in [-0.39, 0.29) is 8.07 Å². The average molecular weight is 237 g/mol. The molecule has 1 aromatic rings. The van der Waals surface area contributed by atoms with Crippen molar-refractivity contribution in [3.63, 3.8) is 0 Å². The summed E-state index contributed by atoms with van der Waals surface area (Å²) in [6.45, 7) is 7.43. The first-order chi connectivity index (χ1) is 6.99. The molecule has 1 nitrogen and oxygen atoms in total. The lowest BCUT2D eigenvalue weighted by Crippen LogP contribution is -2.23. The molecule has 0 spiro atoms. The third-order valence-corrected chi connectivity index (χ3v) is 9.83. The highest BCUT2D eigenvalue weighted by Crippen LogP contribution is 2.73. The highest BCUT2D eigenvalue weighted by Gasteiger charge is 2.46. The summed E-state index contributed by atoms with van der Waals surface area (Å²) < 4.78 is 2.57. The van der Waals surface area contributed by atoms with Crippen LogP contribution in [0, 0.1) is 0 Å². The normalized spacial score (nSPS) is 30.3. The van der Waals surface area contributed by atoms with Crippen molar-refractivity contribution in [2.24, 2.45) is 0 Å². The van der Waals surface area contributed by atoms with Gasteiger partial charge in [0.25, 0.3) is 0 Å². The molecule has 0 N–H and O–H groups in total. The van der Waals surface area contributed by atoms with E-state index in [1.165, 1.54) is 11.3 Å². The molecule has 0 amide bonds. The molecule has 1 saturated heterocycles. The highest BCUT2D eigenvalue weighted by molar-refractivity contribution is 7.64. The Morgan fingerprint density at radius 1 is 1.20 bits per heavy atom. The van der Waals surface area contributed by atoms with E-state index in [2.05, 4.69) is 61.7 Å². The monoisotopic (exact) mass is 237 g/mol. The van der Waals surface area contributed by atoms with Crippen molar-refractivity contribution in [3.05, 3.63) is 35.9 Å². The minimum Gasteiger partial charge on any atom is -0.271 e. The van der Waals surface area contributed by atoms with Crippen LogP contribution in [0.3, 0.4) is 0 Å². The smallest absolute Gasteiger partial charge is 0.0714 e. The van der Waals surface area contributed by atoms with Crippen molar-refractivity contribution in [1.29, 1.82) is 0 Å². The van der Waals surface area contributed by atoms with Crippen LogP contribution in [0.4, 0.5) is 0 Å². The molecule has 3 heteroatoms. The number of hydrogen-bond donors (Lipinski definition) is 0. The summed E-state index contributed by atoms with van der Waals surface area (Å²) in [5.74, 6) is 2.24. The van der Waals surface area contributed by atoms with Gasteiger partial charge in [0.05, 0.1) is 13.9 Å². The molecule has 0 saturated carbocycles. The van der Waals surface area contributed by atoms with E-state index < -0.39 is 8.07 Å². The summed E-state index contributed by atoms with van der Waals surface area (Å²) in [4.78, 5) is 0. The molecule has 3 atom stereocenters. The second-order valence-electron chi connectivity index (χ2n) is 5.52. The third-order valence-electron chi connectivity index (χ3n) is 2.72. The molecule has 0 radical (unpaired) electrons. The van der Waals surface area contributed by atoms with Crippen LogP contribution in [0.5, 0.6) is 0 Å². The molecule has 1 aromatic carbocycles. The molecule has 1 heterocycles. The number of nitrogens with zero attached hydrogens (tertiary/aromatic N) is 1. The Hall–Kier alpha value is -0.173. The van der Waals surface area contributed by atoms with Crippen molar-refractivity contribution in [2.75, 3.05) is 12.8 Å². The molecular weight excluding hydrogens is 217 g/mol. The summed E-state index contributed by atoms with van der Waals surface area (Å²) in [7, 11) is 1.55. The van der Waals surface area contributed by atoms with Gasteiger partial charge in [0.1, 0.15) is 0 Å². The fourth-order valence-corrected chi connectivity index (χ4v) is 8.94. The Morgan fingerprint density at radius 2 is 1.80 bits per heavy atom. The maximum Gasteiger partial charge on any atom is 0.0714 e. The Labute approximate surface area is 95.3 Å². The molecule has 1 aliphatic heterocycles. The fraction of sp³-hybridized carbons (Fsp3) is 0.500. The zero-order valence-corrected chi connectivity index (χ0v) is 12.0. The number of hydrogen-bond acceptors (Lipinski definition) is 1. The summed E-state index contributed by atoms with van der Waals surface area (Å²) in [5.41, 5.74) is 1.52. The van der Waals surface area contributed by atoms with Gasteiger partial charge in [0.15, 0.2) is 0 Å². The van der Waals surface area contributed by atoms with Crippen LogP contribution in [0.1, 0.15) is 11.3 Å². The topological polar surface area (TPSA) is 3.01 Å². The van der Waals surface area contributed by atoms with E-state index in [0.29, 0.717) is 0 Å². The maximum atomic E-state index is 2.57. The number of benzene rings is 1. The van der Waals surface area contributed by atoms with Gasteiger partial charge in [-0.05, 0) is 26.5 Å². The minimum absolute atomic E-state index is 0.156. The lowest BCUT2D eigenvalue weighted by atomic mass is 10.2. The van der Waals surface area contributed by atoms with Gasteiger partial charge >= 0.3 is 0 Å². The summed E-state index contributed by atoms with van der Waals surface area (Å²) in [5, 5.41) is 0. The largest absolute Gasteiger partial charge is 0.271 e. The third kappa shape index (κ3) is 2.69. The van der Waals surface area contributed by atoms with E-state index in [4.69, 9.17) is 0 Å². The van der Waals surface area contributed by atoms with Crippen LogP contribution in [-0.2, 0) is 0 Å². The minimum atomic E-state index is -0.887. The Balaban J connectivity index is 2.03. The second-order valence-corrected chi connectivity index (χ2v) is 13.9. The van der Waals surface area contributed by atoms with Crippen LogP contribution in [0.25, 0.3) is 0 Å². The van der Waals surface area contributed by atoms with Crippen LogP contribution >= 0.6 is 8.07 Å². The van der Waals surface area contributed by atoms with Gasteiger partial charge in [0, 0.05) is 0 Å². The van der Waals surface area contributed by atoms with Gasteiger partial charge in [-0.3, -0.25) is 4.67 Å². The molecule has 0 bridgehead atoms. The standard InChI is InChI=1S/C12H20NPSi/c1-13-12(11-8-6-5-7-9-11)14(13)10-15(2,3)4/h5-9,12H,10H2,1-4H3. The Kier molecular flexibility index (Phi) is 3.02. The molecule has 2 rings (SSSR count). The number of rotatable bonds is 3. The van der Waals surface area contributed by atoms with Crippen molar-refractivity contribution >= 4 is 16.1 Å². The van der Waals surface area contributed by atoms with Crippen LogP contribution in [-0.4, -0.2) is 25.6 Å². The second kappa shape index (κ2) is 4.01. The average Bonchev–Trinajstić information content (AvgIpc) is 2.75. The first kappa shape index (κ1) is 11.3. The quantitative estimate of drug-likeness (QED) is 0.437. The summed E-state index contributed by atoms with van der Waals surface area (Å²) in [6.07, 6.45) is 0. The van der Waals surface area contributed by atoms with Crippen LogP contribution in [0.2, 0.25) is 19.6 Å². The van der Waals surface area contributed by atoms with Gasteiger partial charge in [-0.1, -0.05) is 50.0 Å². The Morgan fingerprint density at radius 3 is 2.33 bits per heavy atom. The Bertz CT molecular complexity index is 333.